The highest BCUT2D eigenvalue weighted by molar-refractivity contribution is 5.51. The first-order valence-electron chi connectivity index (χ1n) is 3.75. The Balaban J connectivity index is 2.97. The molecule has 1 rings (SSSR count). The molecule has 0 fully saturated rings. The molecule has 0 saturated carbocycles. The number of hydrogen-bond acceptors (Lipinski definition) is 1. The van der Waals surface area contributed by atoms with Gasteiger partial charge in [-0.3, -0.25) is 4.98 Å². The van der Waals surface area contributed by atoms with Gasteiger partial charge in [-0.05, 0) is 38.0 Å². The fourth-order valence-electron chi connectivity index (χ4n) is 0.991. The fraction of sp³-hybridized carbons (Fsp3) is 0.300. The molecule has 0 spiro atoms. The number of nitrogens with zero attached hydrogens (tertiary/aromatic N) is 1. The van der Waals surface area contributed by atoms with Crippen molar-refractivity contribution in [2.24, 2.45) is 0 Å². The molecule has 0 aliphatic rings. The predicted molar refractivity (Wildman–Crippen MR) is 48.3 cm³/mol. The van der Waals surface area contributed by atoms with Crippen LogP contribution in [0.3, 0.4) is 0 Å². The Bertz CT molecular complexity index is 270. The molecule has 1 nitrogen and oxygen atoms in total. The lowest BCUT2D eigenvalue weighted by Crippen LogP contribution is -1.79. The van der Waals surface area contributed by atoms with Crippen LogP contribution in [0.4, 0.5) is 0 Å². The summed E-state index contributed by atoms with van der Waals surface area (Å²) in [5, 5.41) is 0. The second-order valence-electron chi connectivity index (χ2n) is 3.02. The Hall–Kier alpha value is -1.11. The zero-order valence-electron chi connectivity index (χ0n) is 7.26. The minimum Gasteiger partial charge on any atom is -0.264 e. The quantitative estimate of drug-likeness (QED) is 0.595. The van der Waals surface area contributed by atoms with E-state index in [2.05, 4.69) is 37.9 Å². The number of aromatic nitrogens is 1. The predicted octanol–water partition coefficient (Wildman–Crippen LogP) is 2.81. The molecule has 0 N–H and O–H groups in total. The van der Waals surface area contributed by atoms with E-state index in [1.165, 1.54) is 16.7 Å². The summed E-state index contributed by atoms with van der Waals surface area (Å²) in [6.45, 7) is 6.22. The van der Waals surface area contributed by atoms with E-state index in [4.69, 9.17) is 0 Å². The molecule has 1 aromatic rings. The smallest absolute Gasteiger partial charge is 0.0340 e. The van der Waals surface area contributed by atoms with Gasteiger partial charge in [0.2, 0.25) is 0 Å². The van der Waals surface area contributed by atoms with E-state index in [-0.39, 0.29) is 0 Å². The van der Waals surface area contributed by atoms with Crippen LogP contribution in [0.2, 0.25) is 0 Å². The average molecular weight is 147 g/mol. The molecule has 0 saturated heterocycles. The van der Waals surface area contributed by atoms with E-state index in [0.29, 0.717) is 0 Å². The first kappa shape index (κ1) is 7.99. The maximum absolute atomic E-state index is 4.09. The first-order valence-corrected chi connectivity index (χ1v) is 3.75. The summed E-state index contributed by atoms with van der Waals surface area (Å²) in [4.78, 5) is 4.09. The van der Waals surface area contributed by atoms with Gasteiger partial charge < -0.3 is 0 Å². The molecular formula is C10H13N. The maximum Gasteiger partial charge on any atom is 0.0340 e. The van der Waals surface area contributed by atoms with Crippen LogP contribution in [0.1, 0.15) is 25.0 Å². The third-order valence-electron chi connectivity index (χ3n) is 1.35. The third kappa shape index (κ3) is 2.54. The summed E-state index contributed by atoms with van der Waals surface area (Å²) in [6, 6.07) is 2.12. The molecule has 0 aliphatic heterocycles. The number of aryl methyl sites for hydroxylation is 1. The lowest BCUT2D eigenvalue weighted by Gasteiger charge is -1.95. The van der Waals surface area contributed by atoms with Crippen molar-refractivity contribution in [1.82, 2.24) is 4.98 Å². The highest BCUT2D eigenvalue weighted by atomic mass is 14.6. The molecular weight excluding hydrogens is 134 g/mol. The zero-order chi connectivity index (χ0) is 8.27. The molecule has 0 bridgehead atoms. The first-order chi connectivity index (χ1) is 5.18. The second-order valence-corrected chi connectivity index (χ2v) is 3.02. The molecule has 58 valence electrons. The van der Waals surface area contributed by atoms with E-state index in [9.17, 15) is 0 Å². The summed E-state index contributed by atoms with van der Waals surface area (Å²) in [5.74, 6) is 0. The van der Waals surface area contributed by atoms with Crippen LogP contribution in [0.5, 0.6) is 0 Å². The van der Waals surface area contributed by atoms with E-state index in [0.717, 1.165) is 0 Å². The largest absolute Gasteiger partial charge is 0.264 e. The average Bonchev–Trinajstić information content (AvgIpc) is 1.85. The van der Waals surface area contributed by atoms with Crippen LogP contribution in [0.25, 0.3) is 6.08 Å². The van der Waals surface area contributed by atoms with Crippen LogP contribution < -0.4 is 0 Å². The van der Waals surface area contributed by atoms with Gasteiger partial charge in [0.15, 0.2) is 0 Å². The van der Waals surface area contributed by atoms with Crippen LogP contribution in [-0.4, -0.2) is 4.98 Å². The van der Waals surface area contributed by atoms with Gasteiger partial charge in [-0.1, -0.05) is 11.6 Å². The molecule has 11 heavy (non-hydrogen) atoms. The lowest BCUT2D eigenvalue weighted by molar-refractivity contribution is 1.25. The van der Waals surface area contributed by atoms with Crippen molar-refractivity contribution < 1.29 is 0 Å². The highest BCUT2D eigenvalue weighted by Crippen LogP contribution is 2.05. The molecule has 0 atom stereocenters. The third-order valence-corrected chi connectivity index (χ3v) is 1.35. The SMILES string of the molecule is CC(C)=Cc1cncc(C)c1. The van der Waals surface area contributed by atoms with Crippen molar-refractivity contribution in [2.75, 3.05) is 0 Å². The molecule has 1 heteroatoms. The summed E-state index contributed by atoms with van der Waals surface area (Å²) in [6.07, 6.45) is 5.86. The van der Waals surface area contributed by atoms with Crippen molar-refractivity contribution in [3.05, 3.63) is 35.2 Å². The highest BCUT2D eigenvalue weighted by Gasteiger charge is 1.88. The second kappa shape index (κ2) is 3.33. The van der Waals surface area contributed by atoms with E-state index in [1.54, 1.807) is 0 Å². The van der Waals surface area contributed by atoms with Crippen molar-refractivity contribution >= 4 is 6.08 Å². The lowest BCUT2D eigenvalue weighted by atomic mass is 10.2. The zero-order valence-corrected chi connectivity index (χ0v) is 7.26. The van der Waals surface area contributed by atoms with Gasteiger partial charge in [-0.2, -0.15) is 0 Å². The van der Waals surface area contributed by atoms with E-state index in [1.807, 2.05) is 12.4 Å². The topological polar surface area (TPSA) is 12.9 Å². The Morgan fingerprint density at radius 2 is 2.09 bits per heavy atom. The van der Waals surface area contributed by atoms with Gasteiger partial charge in [-0.15, -0.1) is 0 Å². The van der Waals surface area contributed by atoms with Crippen LogP contribution in [0.15, 0.2) is 24.0 Å². The van der Waals surface area contributed by atoms with Crippen LogP contribution in [-0.2, 0) is 0 Å². The van der Waals surface area contributed by atoms with Crippen molar-refractivity contribution in [2.45, 2.75) is 20.8 Å². The minimum atomic E-state index is 1.19. The summed E-state index contributed by atoms with van der Waals surface area (Å²) in [5.41, 5.74) is 3.70. The van der Waals surface area contributed by atoms with Crippen LogP contribution >= 0.6 is 0 Å². The van der Waals surface area contributed by atoms with Gasteiger partial charge >= 0.3 is 0 Å². The molecule has 0 unspecified atom stereocenters. The van der Waals surface area contributed by atoms with Crippen molar-refractivity contribution in [3.8, 4) is 0 Å². The summed E-state index contributed by atoms with van der Waals surface area (Å²) >= 11 is 0. The van der Waals surface area contributed by atoms with Gasteiger partial charge in [-0.25, -0.2) is 0 Å². The van der Waals surface area contributed by atoms with E-state index >= 15 is 0 Å². The summed E-state index contributed by atoms with van der Waals surface area (Å²) in [7, 11) is 0. The molecule has 0 aliphatic carbocycles. The Kier molecular flexibility index (Phi) is 2.42. The number of allylic oxidation sites excluding steroid dienone is 1. The standard InChI is InChI=1S/C10H13N/c1-8(2)4-10-5-9(3)6-11-7-10/h4-7H,1-3H3. The number of rotatable bonds is 1. The molecule has 1 aromatic heterocycles. The Morgan fingerprint density at radius 3 is 2.64 bits per heavy atom. The molecule has 1 heterocycles. The molecule has 0 radical (unpaired) electrons. The maximum atomic E-state index is 4.09. The molecule has 0 amide bonds. The van der Waals surface area contributed by atoms with Gasteiger partial charge in [0.05, 0.1) is 0 Å². The van der Waals surface area contributed by atoms with Gasteiger partial charge in [0.25, 0.3) is 0 Å². The van der Waals surface area contributed by atoms with E-state index < -0.39 is 0 Å². The minimum absolute atomic E-state index is 1.19. The summed E-state index contributed by atoms with van der Waals surface area (Å²) < 4.78 is 0. The number of hydrogen-bond donors (Lipinski definition) is 0. The monoisotopic (exact) mass is 147 g/mol. The van der Waals surface area contributed by atoms with Crippen LogP contribution in [0, 0.1) is 6.92 Å². The van der Waals surface area contributed by atoms with Gasteiger partial charge in [0.1, 0.15) is 0 Å². The number of pyridine rings is 1. The van der Waals surface area contributed by atoms with Crippen molar-refractivity contribution in [3.63, 3.8) is 0 Å². The Labute approximate surface area is 67.8 Å². The van der Waals surface area contributed by atoms with Gasteiger partial charge in [0, 0.05) is 12.4 Å². The normalized spacial score (nSPS) is 9.36. The molecule has 0 aromatic carbocycles. The van der Waals surface area contributed by atoms with Crippen molar-refractivity contribution in [1.29, 1.82) is 0 Å². The Morgan fingerprint density at radius 1 is 1.36 bits per heavy atom. The fourth-order valence-corrected chi connectivity index (χ4v) is 0.991.